The van der Waals surface area contributed by atoms with E-state index in [0.29, 0.717) is 36.3 Å². The van der Waals surface area contributed by atoms with Crippen molar-refractivity contribution in [3.8, 4) is 17.2 Å². The molecule has 3 aromatic rings. The Morgan fingerprint density at radius 1 is 1.00 bits per heavy atom. The van der Waals surface area contributed by atoms with Crippen LogP contribution in [0.5, 0.6) is 17.2 Å². The van der Waals surface area contributed by atoms with Crippen LogP contribution in [0, 0.1) is 0 Å². The highest BCUT2D eigenvalue weighted by Gasteiger charge is 2.28. The summed E-state index contributed by atoms with van der Waals surface area (Å²) in [6.45, 7) is 5.96. The number of rotatable bonds is 9. The van der Waals surface area contributed by atoms with E-state index in [0.717, 1.165) is 29.7 Å². The van der Waals surface area contributed by atoms with Crippen LogP contribution in [0.1, 0.15) is 65.9 Å². The minimum Gasteiger partial charge on any atom is -0.502 e. The topological polar surface area (TPSA) is 98.4 Å². The van der Waals surface area contributed by atoms with Gasteiger partial charge in [0.15, 0.2) is 17.3 Å². The third kappa shape index (κ3) is 5.86. The van der Waals surface area contributed by atoms with Crippen molar-refractivity contribution in [1.82, 2.24) is 4.90 Å². The van der Waals surface area contributed by atoms with Gasteiger partial charge >= 0.3 is 5.97 Å². The molecule has 1 aliphatic heterocycles. The van der Waals surface area contributed by atoms with Gasteiger partial charge in [-0.3, -0.25) is 14.5 Å². The van der Waals surface area contributed by atoms with Gasteiger partial charge in [0, 0.05) is 19.2 Å². The normalized spacial score (nSPS) is 14.2. The highest BCUT2D eigenvalue weighted by Crippen LogP contribution is 2.36. The smallest absolute Gasteiger partial charge is 0.306 e. The van der Waals surface area contributed by atoms with Crippen molar-refractivity contribution in [1.29, 1.82) is 0 Å². The second kappa shape index (κ2) is 11.7. The summed E-state index contributed by atoms with van der Waals surface area (Å²) in [6.07, 6.45) is 0.730. The van der Waals surface area contributed by atoms with Gasteiger partial charge in [0.1, 0.15) is 5.76 Å². The zero-order chi connectivity index (χ0) is 27.4. The molecular weight excluding hydrogens is 486 g/mol. The Morgan fingerprint density at radius 3 is 2.24 bits per heavy atom. The van der Waals surface area contributed by atoms with E-state index >= 15 is 0 Å². The molecule has 2 aromatic carbocycles. The number of aromatic hydroxyl groups is 1. The molecule has 4 rings (SSSR count). The van der Waals surface area contributed by atoms with Crippen LogP contribution < -0.4 is 14.9 Å². The summed E-state index contributed by atoms with van der Waals surface area (Å²) in [6, 6.07) is 13.1. The molecule has 2 heterocycles. The number of carbonyl (C=O) groups excluding carboxylic acids is 1. The molecule has 38 heavy (non-hydrogen) atoms. The quantitative estimate of drug-likeness (QED) is 0.403. The maximum absolute atomic E-state index is 12.8. The van der Waals surface area contributed by atoms with Gasteiger partial charge < -0.3 is 23.7 Å². The maximum atomic E-state index is 12.8. The predicted octanol–water partition coefficient (Wildman–Crippen LogP) is 4.74. The molecule has 0 saturated carbocycles. The zero-order valence-electron chi connectivity index (χ0n) is 22.6. The number of esters is 1. The van der Waals surface area contributed by atoms with Crippen LogP contribution in [0.4, 0.5) is 0 Å². The van der Waals surface area contributed by atoms with Gasteiger partial charge in [0.05, 0.1) is 40.2 Å². The van der Waals surface area contributed by atoms with Crippen LogP contribution in [-0.4, -0.2) is 43.8 Å². The average Bonchev–Trinajstić information content (AvgIpc) is 2.92. The number of benzene rings is 2. The third-order valence-electron chi connectivity index (χ3n) is 7.10. The van der Waals surface area contributed by atoms with Crippen molar-refractivity contribution >= 4 is 5.97 Å². The van der Waals surface area contributed by atoms with E-state index in [1.54, 1.807) is 14.2 Å². The van der Waals surface area contributed by atoms with Gasteiger partial charge in [-0.15, -0.1) is 0 Å². The fraction of sp³-hybridized carbons (Fsp3) is 0.400. The first-order valence-corrected chi connectivity index (χ1v) is 12.7. The van der Waals surface area contributed by atoms with Gasteiger partial charge in [-0.25, -0.2) is 0 Å². The number of hydrogen-bond donors (Lipinski definition) is 1. The summed E-state index contributed by atoms with van der Waals surface area (Å²) in [4.78, 5) is 27.3. The summed E-state index contributed by atoms with van der Waals surface area (Å²) in [7, 11) is 4.54. The van der Waals surface area contributed by atoms with Crippen LogP contribution >= 0.6 is 0 Å². The van der Waals surface area contributed by atoms with E-state index in [-0.39, 0.29) is 12.2 Å². The first kappa shape index (κ1) is 27.3. The Morgan fingerprint density at radius 2 is 1.63 bits per heavy atom. The van der Waals surface area contributed by atoms with Crippen molar-refractivity contribution in [2.75, 3.05) is 27.9 Å². The molecule has 1 N–H and O–H groups in total. The van der Waals surface area contributed by atoms with E-state index in [9.17, 15) is 14.7 Å². The largest absolute Gasteiger partial charge is 0.502 e. The van der Waals surface area contributed by atoms with E-state index in [4.69, 9.17) is 18.6 Å². The molecule has 8 heteroatoms. The number of fused-ring (bicyclic) bond motifs is 1. The summed E-state index contributed by atoms with van der Waals surface area (Å²) in [5.41, 5.74) is 3.66. The van der Waals surface area contributed by atoms with E-state index in [1.165, 1.54) is 18.7 Å². The summed E-state index contributed by atoms with van der Waals surface area (Å²) < 4.78 is 22.0. The molecular formula is C30H35NO7. The fourth-order valence-electron chi connectivity index (χ4n) is 4.89. The molecule has 0 unspecified atom stereocenters. The number of carbonyl (C=O) groups is 1. The maximum Gasteiger partial charge on any atom is 0.306 e. The van der Waals surface area contributed by atoms with Crippen LogP contribution in [0.25, 0.3) is 0 Å². The molecule has 202 valence electrons. The van der Waals surface area contributed by atoms with Crippen molar-refractivity contribution in [3.63, 3.8) is 0 Å². The predicted molar refractivity (Wildman–Crippen MR) is 143 cm³/mol. The minimum atomic E-state index is -0.671. The molecule has 1 aromatic heterocycles. The lowest BCUT2D eigenvalue weighted by molar-refractivity contribution is -0.140. The Balaban J connectivity index is 1.64. The van der Waals surface area contributed by atoms with E-state index in [2.05, 4.69) is 18.7 Å². The van der Waals surface area contributed by atoms with Gasteiger partial charge in [-0.2, -0.15) is 0 Å². The Kier molecular flexibility index (Phi) is 8.42. The Hall–Kier alpha value is -3.78. The lowest BCUT2D eigenvalue weighted by Crippen LogP contribution is -2.30. The lowest BCUT2D eigenvalue weighted by Gasteiger charge is -2.29. The van der Waals surface area contributed by atoms with Crippen molar-refractivity contribution in [3.05, 3.63) is 86.5 Å². The monoisotopic (exact) mass is 521 g/mol. The molecule has 0 saturated heterocycles. The number of nitrogens with zero attached hydrogens (tertiary/aromatic N) is 1. The minimum absolute atomic E-state index is 0.0685. The van der Waals surface area contributed by atoms with Gasteiger partial charge in [0.2, 0.25) is 11.2 Å². The lowest BCUT2D eigenvalue weighted by atomic mass is 9.90. The third-order valence-corrected chi connectivity index (χ3v) is 7.10. The van der Waals surface area contributed by atoms with Gasteiger partial charge in [0.25, 0.3) is 0 Å². The average molecular weight is 522 g/mol. The molecule has 0 spiro atoms. The second-order valence-corrected chi connectivity index (χ2v) is 9.88. The summed E-state index contributed by atoms with van der Waals surface area (Å²) in [5.74, 6) is 0.569. The van der Waals surface area contributed by atoms with Gasteiger partial charge in [-0.1, -0.05) is 38.1 Å². The van der Waals surface area contributed by atoms with Crippen molar-refractivity contribution in [2.45, 2.75) is 51.6 Å². The van der Waals surface area contributed by atoms with Crippen LogP contribution in [0.2, 0.25) is 0 Å². The van der Waals surface area contributed by atoms with Crippen molar-refractivity contribution < 1.29 is 28.5 Å². The van der Waals surface area contributed by atoms with Crippen LogP contribution in [0.3, 0.4) is 0 Å². The summed E-state index contributed by atoms with van der Waals surface area (Å²) in [5, 5.41) is 10.7. The summed E-state index contributed by atoms with van der Waals surface area (Å²) >= 11 is 0. The molecule has 1 aliphatic rings. The molecule has 0 radical (unpaired) electrons. The highest BCUT2D eigenvalue weighted by molar-refractivity contribution is 5.71. The fourth-order valence-corrected chi connectivity index (χ4v) is 4.89. The molecule has 0 amide bonds. The standard InChI is InChI=1S/C30H35NO7/c1-18(2)19-6-8-20(9-7-19)24(15-28(33)37-5)30-29(34)25(32)14-23(38-30)17-31-11-10-21-12-26(35-3)27(36-4)13-22(21)16-31/h6-9,12-14,18,24,34H,10-11,15-17H2,1-5H3/t24-/m1/s1. The first-order valence-electron chi connectivity index (χ1n) is 12.7. The SMILES string of the molecule is COC(=O)C[C@H](c1ccc(C(C)C)cc1)c1oc(CN2CCc3cc(OC)c(OC)cc3C2)cc(=O)c1O. The van der Waals surface area contributed by atoms with Gasteiger partial charge in [-0.05, 0) is 46.7 Å². The van der Waals surface area contributed by atoms with Crippen LogP contribution in [0.15, 0.2) is 51.7 Å². The molecule has 0 aliphatic carbocycles. The zero-order valence-corrected chi connectivity index (χ0v) is 22.6. The van der Waals surface area contributed by atoms with E-state index in [1.807, 2.05) is 36.4 Å². The Bertz CT molecular complexity index is 1340. The number of ether oxygens (including phenoxy) is 3. The van der Waals surface area contributed by atoms with E-state index < -0.39 is 23.1 Å². The molecule has 1 atom stereocenters. The molecule has 0 bridgehead atoms. The number of methoxy groups -OCH3 is 3. The molecule has 8 nitrogen and oxygen atoms in total. The van der Waals surface area contributed by atoms with Crippen molar-refractivity contribution in [2.24, 2.45) is 0 Å². The second-order valence-electron chi connectivity index (χ2n) is 9.88. The van der Waals surface area contributed by atoms with Crippen LogP contribution in [-0.2, 0) is 29.0 Å². The molecule has 0 fully saturated rings. The number of hydrogen-bond acceptors (Lipinski definition) is 8. The highest BCUT2D eigenvalue weighted by atomic mass is 16.5. The first-order chi connectivity index (χ1) is 18.2. The Labute approximate surface area is 222 Å².